The Bertz CT molecular complexity index is 566. The van der Waals surface area contributed by atoms with E-state index in [0.717, 1.165) is 17.7 Å². The second-order valence-electron chi connectivity index (χ2n) is 5.02. The lowest BCUT2D eigenvalue weighted by Crippen LogP contribution is -2.13. The minimum Gasteiger partial charge on any atom is -0.497 e. The average Bonchev–Trinajstić information content (AvgIpc) is 2.45. The Kier molecular flexibility index (Phi) is 4.74. The van der Waals surface area contributed by atoms with E-state index in [1.807, 2.05) is 37.3 Å². The van der Waals surface area contributed by atoms with E-state index in [1.165, 1.54) is 11.6 Å². The topological polar surface area (TPSA) is 35.2 Å². The van der Waals surface area contributed by atoms with Crippen LogP contribution in [0.3, 0.4) is 0 Å². The molecule has 106 valence electrons. The molecule has 0 spiro atoms. The van der Waals surface area contributed by atoms with Crippen LogP contribution < -0.4 is 10.5 Å². The van der Waals surface area contributed by atoms with Gasteiger partial charge in [-0.25, -0.2) is 4.39 Å². The maximum atomic E-state index is 13.8. The molecule has 0 fully saturated rings. The Morgan fingerprint density at radius 2 is 1.85 bits per heavy atom. The van der Waals surface area contributed by atoms with Gasteiger partial charge >= 0.3 is 0 Å². The fourth-order valence-electron chi connectivity index (χ4n) is 2.20. The first-order chi connectivity index (χ1) is 9.60. The molecule has 3 heteroatoms. The highest BCUT2D eigenvalue weighted by atomic mass is 19.1. The molecule has 0 bridgehead atoms. The number of benzene rings is 2. The molecule has 0 aliphatic heterocycles. The van der Waals surface area contributed by atoms with Gasteiger partial charge in [-0.15, -0.1) is 0 Å². The van der Waals surface area contributed by atoms with E-state index in [2.05, 4.69) is 0 Å². The summed E-state index contributed by atoms with van der Waals surface area (Å²) >= 11 is 0. The second-order valence-corrected chi connectivity index (χ2v) is 5.02. The standard InChI is InChI=1S/C17H20FNO/c1-12-3-9-15(16(18)11-12)17(19)10-6-13-4-7-14(20-2)8-5-13/h3-5,7-9,11,17H,6,10,19H2,1-2H3. The number of aryl methyl sites for hydroxylation is 2. The molecule has 2 aromatic carbocycles. The van der Waals surface area contributed by atoms with Crippen molar-refractivity contribution in [1.29, 1.82) is 0 Å². The van der Waals surface area contributed by atoms with Crippen molar-refractivity contribution in [2.75, 3.05) is 7.11 Å². The van der Waals surface area contributed by atoms with Gasteiger partial charge in [0.1, 0.15) is 11.6 Å². The first-order valence-electron chi connectivity index (χ1n) is 6.74. The number of ether oxygens (including phenoxy) is 1. The van der Waals surface area contributed by atoms with Gasteiger partial charge in [-0.2, -0.15) is 0 Å². The first kappa shape index (κ1) is 14.5. The molecule has 1 atom stereocenters. The summed E-state index contributed by atoms with van der Waals surface area (Å²) in [4.78, 5) is 0. The SMILES string of the molecule is COc1ccc(CCC(N)c2ccc(C)cc2F)cc1. The van der Waals surface area contributed by atoms with Gasteiger partial charge < -0.3 is 10.5 Å². The van der Waals surface area contributed by atoms with E-state index in [9.17, 15) is 4.39 Å². The second kappa shape index (κ2) is 6.53. The van der Waals surface area contributed by atoms with Gasteiger partial charge in [0.15, 0.2) is 0 Å². The highest BCUT2D eigenvalue weighted by molar-refractivity contribution is 5.28. The smallest absolute Gasteiger partial charge is 0.128 e. The van der Waals surface area contributed by atoms with Crippen molar-refractivity contribution in [1.82, 2.24) is 0 Å². The van der Waals surface area contributed by atoms with Crippen molar-refractivity contribution in [3.63, 3.8) is 0 Å². The predicted molar refractivity (Wildman–Crippen MR) is 79.4 cm³/mol. The monoisotopic (exact) mass is 273 g/mol. The lowest BCUT2D eigenvalue weighted by Gasteiger charge is -2.13. The van der Waals surface area contributed by atoms with Gasteiger partial charge in [-0.3, -0.25) is 0 Å². The van der Waals surface area contributed by atoms with Gasteiger partial charge in [-0.05, 0) is 49.1 Å². The molecule has 0 aliphatic carbocycles. The van der Waals surface area contributed by atoms with Crippen LogP contribution in [0.1, 0.15) is 29.2 Å². The van der Waals surface area contributed by atoms with E-state index in [0.29, 0.717) is 12.0 Å². The van der Waals surface area contributed by atoms with E-state index in [-0.39, 0.29) is 11.9 Å². The average molecular weight is 273 g/mol. The summed E-state index contributed by atoms with van der Waals surface area (Å²) in [6, 6.07) is 12.8. The van der Waals surface area contributed by atoms with Crippen LogP contribution in [-0.4, -0.2) is 7.11 Å². The van der Waals surface area contributed by atoms with Gasteiger partial charge in [0.2, 0.25) is 0 Å². The molecule has 0 aliphatic rings. The number of halogens is 1. The van der Waals surface area contributed by atoms with Crippen LogP contribution >= 0.6 is 0 Å². The Hall–Kier alpha value is -1.87. The molecule has 2 rings (SSSR count). The highest BCUT2D eigenvalue weighted by Crippen LogP contribution is 2.21. The maximum Gasteiger partial charge on any atom is 0.128 e. The van der Waals surface area contributed by atoms with Crippen LogP contribution in [0.4, 0.5) is 4.39 Å². The van der Waals surface area contributed by atoms with Crippen molar-refractivity contribution in [3.05, 3.63) is 65.0 Å². The summed E-state index contributed by atoms with van der Waals surface area (Å²) in [6.07, 6.45) is 1.53. The van der Waals surface area contributed by atoms with Crippen molar-refractivity contribution in [2.45, 2.75) is 25.8 Å². The molecule has 2 aromatic rings. The molecule has 0 heterocycles. The van der Waals surface area contributed by atoms with Crippen LogP contribution in [0.5, 0.6) is 5.75 Å². The molecule has 2 N–H and O–H groups in total. The zero-order chi connectivity index (χ0) is 14.5. The van der Waals surface area contributed by atoms with E-state index in [1.54, 1.807) is 13.2 Å². The van der Waals surface area contributed by atoms with E-state index >= 15 is 0 Å². The third kappa shape index (κ3) is 3.58. The Labute approximate surface area is 119 Å². The van der Waals surface area contributed by atoms with Crippen molar-refractivity contribution in [2.24, 2.45) is 5.73 Å². The van der Waals surface area contributed by atoms with E-state index in [4.69, 9.17) is 10.5 Å². The molecule has 0 radical (unpaired) electrons. The summed E-state index contributed by atoms with van der Waals surface area (Å²) in [6.45, 7) is 1.87. The van der Waals surface area contributed by atoms with Gasteiger partial charge in [0, 0.05) is 11.6 Å². The molecule has 20 heavy (non-hydrogen) atoms. The number of hydrogen-bond donors (Lipinski definition) is 1. The summed E-state index contributed by atoms with van der Waals surface area (Å²) in [5, 5.41) is 0. The van der Waals surface area contributed by atoms with Crippen LogP contribution in [0, 0.1) is 12.7 Å². The van der Waals surface area contributed by atoms with Crippen LogP contribution in [0.15, 0.2) is 42.5 Å². The zero-order valence-electron chi connectivity index (χ0n) is 11.9. The molecule has 1 unspecified atom stereocenters. The van der Waals surface area contributed by atoms with Crippen LogP contribution in [0.25, 0.3) is 0 Å². The number of methoxy groups -OCH3 is 1. The normalized spacial score (nSPS) is 12.2. The molecular formula is C17H20FNO. The van der Waals surface area contributed by atoms with E-state index < -0.39 is 0 Å². The Morgan fingerprint density at radius 3 is 2.45 bits per heavy atom. The van der Waals surface area contributed by atoms with Crippen molar-refractivity contribution in [3.8, 4) is 5.75 Å². The molecular weight excluding hydrogens is 253 g/mol. The first-order valence-corrected chi connectivity index (χ1v) is 6.74. The quantitative estimate of drug-likeness (QED) is 0.900. The lowest BCUT2D eigenvalue weighted by atomic mass is 9.98. The molecule has 2 nitrogen and oxygen atoms in total. The molecule has 0 amide bonds. The number of nitrogens with two attached hydrogens (primary N) is 1. The van der Waals surface area contributed by atoms with Gasteiger partial charge in [-0.1, -0.05) is 24.3 Å². The van der Waals surface area contributed by atoms with Crippen molar-refractivity contribution < 1.29 is 9.13 Å². The predicted octanol–water partition coefficient (Wildman–Crippen LogP) is 3.78. The number of rotatable bonds is 5. The highest BCUT2D eigenvalue weighted by Gasteiger charge is 2.11. The lowest BCUT2D eigenvalue weighted by molar-refractivity contribution is 0.414. The third-order valence-corrected chi connectivity index (χ3v) is 3.46. The fraction of sp³-hybridized carbons (Fsp3) is 0.294. The summed E-state index contributed by atoms with van der Waals surface area (Å²) in [5.74, 6) is 0.620. The number of hydrogen-bond acceptors (Lipinski definition) is 2. The Morgan fingerprint density at radius 1 is 1.15 bits per heavy atom. The summed E-state index contributed by atoms with van der Waals surface area (Å²) < 4.78 is 18.9. The maximum absolute atomic E-state index is 13.8. The van der Waals surface area contributed by atoms with Crippen LogP contribution in [-0.2, 0) is 6.42 Å². The molecule has 0 saturated heterocycles. The summed E-state index contributed by atoms with van der Waals surface area (Å²) in [7, 11) is 1.64. The zero-order valence-corrected chi connectivity index (χ0v) is 11.9. The Balaban J connectivity index is 1.98. The minimum atomic E-state index is -0.280. The summed E-state index contributed by atoms with van der Waals surface area (Å²) in [5.41, 5.74) is 8.76. The molecule has 0 aromatic heterocycles. The van der Waals surface area contributed by atoms with Gasteiger partial charge in [0.05, 0.1) is 7.11 Å². The fourth-order valence-corrected chi connectivity index (χ4v) is 2.20. The van der Waals surface area contributed by atoms with Crippen molar-refractivity contribution >= 4 is 0 Å². The largest absolute Gasteiger partial charge is 0.497 e. The van der Waals surface area contributed by atoms with Gasteiger partial charge in [0.25, 0.3) is 0 Å². The molecule has 0 saturated carbocycles. The van der Waals surface area contributed by atoms with Crippen LogP contribution in [0.2, 0.25) is 0 Å². The minimum absolute atomic E-state index is 0.216. The third-order valence-electron chi connectivity index (χ3n) is 3.46.